The molecule has 0 atom stereocenters. The van der Waals surface area contributed by atoms with Gasteiger partial charge in [-0.3, -0.25) is 4.98 Å². The Morgan fingerprint density at radius 2 is 1.45 bits per heavy atom. The van der Waals surface area contributed by atoms with Crippen molar-refractivity contribution in [3.05, 3.63) is 60.3 Å². The van der Waals surface area contributed by atoms with Crippen LogP contribution in [0, 0.1) is 0 Å². The van der Waals surface area contributed by atoms with Crippen LogP contribution in [-0.4, -0.2) is 31.2 Å². The van der Waals surface area contributed by atoms with Gasteiger partial charge in [0.15, 0.2) is 0 Å². The Hall–Kier alpha value is -2.75. The van der Waals surface area contributed by atoms with Crippen molar-refractivity contribution >= 4 is 28.0 Å². The summed E-state index contributed by atoms with van der Waals surface area (Å²) in [5.41, 5.74) is 6.32. The van der Waals surface area contributed by atoms with Crippen LogP contribution >= 0.6 is 0 Å². The van der Waals surface area contributed by atoms with Crippen LogP contribution < -0.4 is 15.1 Å². The number of para-hydroxylation sites is 1. The Morgan fingerprint density at radius 3 is 2.28 bits per heavy atom. The van der Waals surface area contributed by atoms with Gasteiger partial charge in [0.05, 0.1) is 11.2 Å². The predicted molar refractivity (Wildman–Crippen MR) is 123 cm³/mol. The highest BCUT2D eigenvalue weighted by molar-refractivity contribution is 5.99. The summed E-state index contributed by atoms with van der Waals surface area (Å²) in [5.74, 6) is 0. The van der Waals surface area contributed by atoms with E-state index in [1.54, 1.807) is 0 Å². The number of hydrogen-bond donors (Lipinski definition) is 1. The summed E-state index contributed by atoms with van der Waals surface area (Å²) in [6.45, 7) is 5.46. The Bertz CT molecular complexity index is 971. The maximum absolute atomic E-state index is 4.76. The molecule has 5 rings (SSSR count). The van der Waals surface area contributed by atoms with E-state index in [9.17, 15) is 0 Å². The number of anilines is 3. The molecule has 0 saturated carbocycles. The van der Waals surface area contributed by atoms with Crippen LogP contribution in [0.1, 0.15) is 37.7 Å². The number of hydrogen-bond acceptors (Lipinski definition) is 4. The molecule has 3 aromatic rings. The molecule has 1 N–H and O–H groups in total. The van der Waals surface area contributed by atoms with Crippen molar-refractivity contribution in [2.24, 2.45) is 0 Å². The first-order valence-corrected chi connectivity index (χ1v) is 11.1. The monoisotopic (exact) mass is 386 g/mol. The second kappa shape index (κ2) is 8.32. The Kier molecular flexibility index (Phi) is 5.25. The minimum atomic E-state index is 0.833. The van der Waals surface area contributed by atoms with Crippen LogP contribution in [-0.2, 0) is 6.54 Å². The molecule has 2 fully saturated rings. The molecule has 2 aliphatic heterocycles. The molecular weight excluding hydrogens is 356 g/mol. The standard InChI is InChI=1S/C25H30N4/c1-4-15-29(16-5-1)24-13-12-22(21-10-8-14-26-25(21)24)27-19-20-9-2-3-11-23(20)28-17-6-7-18-28/h2-3,8-14,27H,1,4-7,15-19H2. The summed E-state index contributed by atoms with van der Waals surface area (Å²) in [7, 11) is 0. The molecule has 1 aromatic heterocycles. The molecule has 150 valence electrons. The third-order valence-corrected chi connectivity index (χ3v) is 6.35. The van der Waals surface area contributed by atoms with Gasteiger partial charge in [0, 0.05) is 55.7 Å². The SMILES string of the molecule is c1ccc(N2CCCC2)c(CNc2ccc(N3CCCCC3)c3ncccc23)c1. The van der Waals surface area contributed by atoms with Crippen molar-refractivity contribution in [2.75, 3.05) is 41.3 Å². The molecule has 0 spiro atoms. The molecule has 0 amide bonds. The number of nitrogens with zero attached hydrogens (tertiary/aromatic N) is 3. The van der Waals surface area contributed by atoms with E-state index in [0.29, 0.717) is 0 Å². The Balaban J connectivity index is 1.42. The van der Waals surface area contributed by atoms with Gasteiger partial charge in [0.2, 0.25) is 0 Å². The first-order valence-electron chi connectivity index (χ1n) is 11.1. The van der Waals surface area contributed by atoms with Crippen molar-refractivity contribution < 1.29 is 0 Å². The zero-order chi connectivity index (χ0) is 19.5. The molecule has 2 aromatic carbocycles. The molecule has 0 radical (unpaired) electrons. The molecule has 0 bridgehead atoms. The van der Waals surface area contributed by atoms with E-state index in [1.165, 1.54) is 73.2 Å². The molecule has 4 nitrogen and oxygen atoms in total. The first kappa shape index (κ1) is 18.3. The van der Waals surface area contributed by atoms with Gasteiger partial charge in [-0.25, -0.2) is 0 Å². The van der Waals surface area contributed by atoms with Gasteiger partial charge in [-0.2, -0.15) is 0 Å². The number of benzene rings is 2. The Morgan fingerprint density at radius 1 is 0.724 bits per heavy atom. The number of aromatic nitrogens is 1. The lowest BCUT2D eigenvalue weighted by molar-refractivity contribution is 0.579. The van der Waals surface area contributed by atoms with Crippen LogP contribution in [0.25, 0.3) is 10.9 Å². The minimum Gasteiger partial charge on any atom is -0.380 e. The molecule has 2 saturated heterocycles. The Labute approximate surface area is 173 Å². The quantitative estimate of drug-likeness (QED) is 0.633. The van der Waals surface area contributed by atoms with Crippen molar-refractivity contribution in [3.63, 3.8) is 0 Å². The fraction of sp³-hybridized carbons (Fsp3) is 0.400. The van der Waals surface area contributed by atoms with E-state index in [-0.39, 0.29) is 0 Å². The van der Waals surface area contributed by atoms with E-state index < -0.39 is 0 Å². The highest BCUT2D eigenvalue weighted by Gasteiger charge is 2.17. The normalized spacial score (nSPS) is 17.1. The van der Waals surface area contributed by atoms with Gasteiger partial charge in [0.1, 0.15) is 0 Å². The van der Waals surface area contributed by atoms with Gasteiger partial charge in [0.25, 0.3) is 0 Å². The summed E-state index contributed by atoms with van der Waals surface area (Å²) in [5, 5.41) is 4.93. The van der Waals surface area contributed by atoms with Crippen LogP contribution in [0.2, 0.25) is 0 Å². The summed E-state index contributed by atoms with van der Waals surface area (Å²) in [6.07, 6.45) is 8.43. The second-order valence-electron chi connectivity index (χ2n) is 8.26. The predicted octanol–water partition coefficient (Wildman–Crippen LogP) is 5.44. The van der Waals surface area contributed by atoms with Crippen molar-refractivity contribution in [3.8, 4) is 0 Å². The van der Waals surface area contributed by atoms with Crippen molar-refractivity contribution in [1.29, 1.82) is 0 Å². The van der Waals surface area contributed by atoms with Crippen LogP contribution in [0.3, 0.4) is 0 Å². The molecule has 2 aliphatic rings. The van der Waals surface area contributed by atoms with Gasteiger partial charge >= 0.3 is 0 Å². The average molecular weight is 387 g/mol. The van der Waals surface area contributed by atoms with E-state index >= 15 is 0 Å². The van der Waals surface area contributed by atoms with E-state index in [2.05, 4.69) is 57.6 Å². The molecule has 0 aliphatic carbocycles. The number of rotatable bonds is 5. The van der Waals surface area contributed by atoms with Crippen LogP contribution in [0.4, 0.5) is 17.1 Å². The number of piperidine rings is 1. The average Bonchev–Trinajstić information content (AvgIpc) is 3.33. The van der Waals surface area contributed by atoms with Crippen LogP contribution in [0.15, 0.2) is 54.7 Å². The first-order chi connectivity index (χ1) is 14.4. The summed E-state index contributed by atoms with van der Waals surface area (Å²) in [4.78, 5) is 9.79. The highest BCUT2D eigenvalue weighted by atomic mass is 15.1. The third-order valence-electron chi connectivity index (χ3n) is 6.35. The molecule has 0 unspecified atom stereocenters. The van der Waals surface area contributed by atoms with Crippen LogP contribution in [0.5, 0.6) is 0 Å². The lowest BCUT2D eigenvalue weighted by atomic mass is 10.1. The zero-order valence-corrected chi connectivity index (χ0v) is 17.1. The third kappa shape index (κ3) is 3.76. The number of fused-ring (bicyclic) bond motifs is 1. The van der Waals surface area contributed by atoms with Gasteiger partial charge < -0.3 is 15.1 Å². The largest absolute Gasteiger partial charge is 0.380 e. The van der Waals surface area contributed by atoms with E-state index in [4.69, 9.17) is 4.98 Å². The zero-order valence-electron chi connectivity index (χ0n) is 17.1. The molecular formula is C25H30N4. The topological polar surface area (TPSA) is 31.4 Å². The summed E-state index contributed by atoms with van der Waals surface area (Å²) in [6, 6.07) is 17.6. The maximum Gasteiger partial charge on any atom is 0.0956 e. The fourth-order valence-corrected chi connectivity index (χ4v) is 4.82. The van der Waals surface area contributed by atoms with Gasteiger partial charge in [-0.15, -0.1) is 0 Å². The van der Waals surface area contributed by atoms with Gasteiger partial charge in [-0.1, -0.05) is 18.2 Å². The molecule has 29 heavy (non-hydrogen) atoms. The summed E-state index contributed by atoms with van der Waals surface area (Å²) < 4.78 is 0. The lowest BCUT2D eigenvalue weighted by Crippen LogP contribution is -2.29. The molecule has 4 heteroatoms. The van der Waals surface area contributed by atoms with Crippen molar-refractivity contribution in [1.82, 2.24) is 4.98 Å². The fourth-order valence-electron chi connectivity index (χ4n) is 4.82. The minimum absolute atomic E-state index is 0.833. The van der Waals surface area contributed by atoms with Gasteiger partial charge in [-0.05, 0) is 68.0 Å². The van der Waals surface area contributed by atoms with E-state index in [0.717, 1.165) is 25.2 Å². The molecule has 3 heterocycles. The number of pyridine rings is 1. The number of nitrogens with one attached hydrogen (secondary N) is 1. The maximum atomic E-state index is 4.76. The highest BCUT2D eigenvalue weighted by Crippen LogP contribution is 2.33. The smallest absolute Gasteiger partial charge is 0.0956 e. The summed E-state index contributed by atoms with van der Waals surface area (Å²) >= 11 is 0. The van der Waals surface area contributed by atoms with E-state index in [1.807, 2.05) is 12.3 Å². The van der Waals surface area contributed by atoms with Crippen molar-refractivity contribution in [2.45, 2.75) is 38.6 Å². The second-order valence-corrected chi connectivity index (χ2v) is 8.26. The lowest BCUT2D eigenvalue weighted by Gasteiger charge is -2.30.